The molecule has 1 heterocycles. The molecule has 1 aromatic rings. The molecule has 1 aliphatic rings. The fourth-order valence-corrected chi connectivity index (χ4v) is 2.62. The van der Waals surface area contributed by atoms with E-state index in [1.165, 1.54) is 6.07 Å². The molecule has 23 heavy (non-hydrogen) atoms. The Morgan fingerprint density at radius 3 is 2.74 bits per heavy atom. The first-order valence-corrected chi connectivity index (χ1v) is 7.64. The molecule has 1 saturated heterocycles. The molecule has 0 radical (unpaired) electrons. The Labute approximate surface area is 135 Å². The number of nitrogens with one attached hydrogen (secondary N) is 1. The number of ether oxygens (including phenoxy) is 1. The lowest BCUT2D eigenvalue weighted by atomic mass is 9.98. The van der Waals surface area contributed by atoms with Crippen LogP contribution in [0.1, 0.15) is 37.9 Å². The van der Waals surface area contributed by atoms with E-state index in [9.17, 15) is 14.9 Å². The van der Waals surface area contributed by atoms with E-state index < -0.39 is 16.6 Å². The van der Waals surface area contributed by atoms with Crippen LogP contribution in [0.4, 0.5) is 10.5 Å². The first-order valence-electron chi connectivity index (χ1n) is 7.64. The highest BCUT2D eigenvalue weighted by molar-refractivity contribution is 5.69. The van der Waals surface area contributed by atoms with Crippen molar-refractivity contribution >= 4 is 11.8 Å². The fraction of sp³-hybridized carbons (Fsp3) is 0.562. The Kier molecular flexibility index (Phi) is 4.89. The number of nitro benzene ring substituents is 1. The van der Waals surface area contributed by atoms with Crippen LogP contribution in [0.5, 0.6) is 0 Å². The molecule has 1 atom stereocenters. The minimum absolute atomic E-state index is 0.0281. The number of amides is 1. The van der Waals surface area contributed by atoms with E-state index in [1.807, 2.05) is 27.7 Å². The molecule has 1 N–H and O–H groups in total. The van der Waals surface area contributed by atoms with E-state index in [4.69, 9.17) is 4.74 Å². The number of aryl methyl sites for hydroxylation is 1. The number of hydrogen-bond acceptors (Lipinski definition) is 5. The van der Waals surface area contributed by atoms with Gasteiger partial charge in [-0.05, 0) is 38.8 Å². The zero-order chi connectivity index (χ0) is 17.2. The summed E-state index contributed by atoms with van der Waals surface area (Å²) < 4.78 is 5.47. The second-order valence-corrected chi connectivity index (χ2v) is 6.69. The van der Waals surface area contributed by atoms with Crippen LogP contribution < -0.4 is 5.32 Å². The summed E-state index contributed by atoms with van der Waals surface area (Å²) in [5.41, 5.74) is 1.14. The van der Waals surface area contributed by atoms with Gasteiger partial charge in [0.15, 0.2) is 0 Å². The number of hydrogen-bond donors (Lipinski definition) is 1. The second-order valence-electron chi connectivity index (χ2n) is 6.69. The number of nitro groups is 1. The zero-order valence-electron chi connectivity index (χ0n) is 14.0. The average Bonchev–Trinajstić information content (AvgIpc) is 2.45. The molecule has 126 valence electrons. The molecule has 7 heteroatoms. The number of carbonyl (C=O) groups excluding carboxylic acids is 1. The molecule has 7 nitrogen and oxygen atoms in total. The summed E-state index contributed by atoms with van der Waals surface area (Å²) in [6, 6.07) is 4.46. The molecule has 1 amide bonds. The molecule has 0 aromatic heterocycles. The lowest BCUT2D eigenvalue weighted by Gasteiger charge is -2.37. The van der Waals surface area contributed by atoms with Crippen LogP contribution in [-0.4, -0.2) is 41.2 Å². The van der Waals surface area contributed by atoms with Crippen molar-refractivity contribution < 1.29 is 14.5 Å². The molecule has 1 aliphatic heterocycles. The van der Waals surface area contributed by atoms with Gasteiger partial charge in [0.2, 0.25) is 0 Å². The van der Waals surface area contributed by atoms with Crippen LogP contribution in [0.2, 0.25) is 0 Å². The number of benzene rings is 1. The molecule has 0 saturated carbocycles. The van der Waals surface area contributed by atoms with E-state index in [-0.39, 0.29) is 11.7 Å². The van der Waals surface area contributed by atoms with Crippen LogP contribution in [0, 0.1) is 17.0 Å². The van der Waals surface area contributed by atoms with Gasteiger partial charge in [0.25, 0.3) is 5.69 Å². The Morgan fingerprint density at radius 2 is 2.13 bits per heavy atom. The van der Waals surface area contributed by atoms with E-state index in [0.29, 0.717) is 19.6 Å². The van der Waals surface area contributed by atoms with Crippen molar-refractivity contribution in [3.8, 4) is 0 Å². The molecule has 0 bridgehead atoms. The molecular formula is C16H23N3O4. The van der Waals surface area contributed by atoms with Crippen LogP contribution in [0.15, 0.2) is 18.2 Å². The minimum Gasteiger partial charge on any atom is -0.444 e. The van der Waals surface area contributed by atoms with E-state index in [1.54, 1.807) is 17.0 Å². The van der Waals surface area contributed by atoms with Gasteiger partial charge in [0, 0.05) is 31.8 Å². The Morgan fingerprint density at radius 1 is 1.43 bits per heavy atom. The molecule has 1 unspecified atom stereocenters. The zero-order valence-corrected chi connectivity index (χ0v) is 14.0. The highest BCUT2D eigenvalue weighted by atomic mass is 16.6. The van der Waals surface area contributed by atoms with Gasteiger partial charge < -0.3 is 10.1 Å². The normalized spacial score (nSPS) is 18.6. The maximum absolute atomic E-state index is 12.5. The summed E-state index contributed by atoms with van der Waals surface area (Å²) in [4.78, 5) is 24.7. The lowest BCUT2D eigenvalue weighted by Crippen LogP contribution is -2.50. The van der Waals surface area contributed by atoms with Gasteiger partial charge in [0.05, 0.1) is 11.0 Å². The molecule has 1 fully saturated rings. The SMILES string of the molecule is Cc1ccc([N+](=O)[O-])cc1C1CNCCN1C(=O)OC(C)(C)C. The third kappa shape index (κ3) is 4.19. The van der Waals surface area contributed by atoms with Gasteiger partial charge in [-0.2, -0.15) is 0 Å². The van der Waals surface area contributed by atoms with Gasteiger partial charge in [-0.1, -0.05) is 6.07 Å². The van der Waals surface area contributed by atoms with Crippen LogP contribution in [0.3, 0.4) is 0 Å². The Hall–Kier alpha value is -2.15. The monoisotopic (exact) mass is 321 g/mol. The summed E-state index contributed by atoms with van der Waals surface area (Å²) in [6.07, 6.45) is -0.394. The first-order chi connectivity index (χ1) is 10.7. The van der Waals surface area contributed by atoms with Crippen molar-refractivity contribution in [1.29, 1.82) is 0 Å². The second kappa shape index (κ2) is 6.54. The van der Waals surface area contributed by atoms with Gasteiger partial charge in [0.1, 0.15) is 5.60 Å². The van der Waals surface area contributed by atoms with Crippen molar-refractivity contribution in [2.45, 2.75) is 39.3 Å². The van der Waals surface area contributed by atoms with Crippen molar-refractivity contribution in [2.75, 3.05) is 19.6 Å². The first kappa shape index (κ1) is 17.2. The van der Waals surface area contributed by atoms with E-state index in [0.717, 1.165) is 11.1 Å². The van der Waals surface area contributed by atoms with Crippen molar-refractivity contribution in [2.24, 2.45) is 0 Å². The lowest BCUT2D eigenvalue weighted by molar-refractivity contribution is -0.385. The molecular weight excluding hydrogens is 298 g/mol. The molecule has 1 aromatic carbocycles. The van der Waals surface area contributed by atoms with Gasteiger partial charge in [-0.15, -0.1) is 0 Å². The molecule has 2 rings (SSSR count). The van der Waals surface area contributed by atoms with Crippen LogP contribution in [0.25, 0.3) is 0 Å². The summed E-state index contributed by atoms with van der Waals surface area (Å²) in [7, 11) is 0. The number of non-ortho nitro benzene ring substituents is 1. The predicted molar refractivity (Wildman–Crippen MR) is 86.4 cm³/mol. The summed E-state index contributed by atoms with van der Waals surface area (Å²) in [5.74, 6) is 0. The largest absolute Gasteiger partial charge is 0.444 e. The molecule has 0 spiro atoms. The number of piperazine rings is 1. The number of carbonyl (C=O) groups is 1. The Bertz CT molecular complexity index is 610. The summed E-state index contributed by atoms with van der Waals surface area (Å²) >= 11 is 0. The van der Waals surface area contributed by atoms with E-state index >= 15 is 0 Å². The maximum Gasteiger partial charge on any atom is 0.410 e. The van der Waals surface area contributed by atoms with Crippen molar-refractivity contribution in [3.63, 3.8) is 0 Å². The Balaban J connectivity index is 2.33. The third-order valence-corrected chi connectivity index (χ3v) is 3.70. The summed E-state index contributed by atoms with van der Waals surface area (Å²) in [6.45, 7) is 9.07. The van der Waals surface area contributed by atoms with Gasteiger partial charge in [-0.25, -0.2) is 4.79 Å². The quantitative estimate of drug-likeness (QED) is 0.669. The topological polar surface area (TPSA) is 84.7 Å². The number of rotatable bonds is 2. The minimum atomic E-state index is -0.579. The van der Waals surface area contributed by atoms with Crippen molar-refractivity contribution in [3.05, 3.63) is 39.4 Å². The standard InChI is InChI=1S/C16H23N3O4/c1-11-5-6-12(19(21)22)9-13(11)14-10-17-7-8-18(14)15(20)23-16(2,3)4/h5-6,9,14,17H,7-8,10H2,1-4H3. The van der Waals surface area contributed by atoms with E-state index in [2.05, 4.69) is 5.32 Å². The third-order valence-electron chi connectivity index (χ3n) is 3.70. The van der Waals surface area contributed by atoms with Gasteiger partial charge >= 0.3 is 6.09 Å². The molecule has 0 aliphatic carbocycles. The average molecular weight is 321 g/mol. The smallest absolute Gasteiger partial charge is 0.410 e. The van der Waals surface area contributed by atoms with Crippen LogP contribution in [-0.2, 0) is 4.74 Å². The number of nitrogens with zero attached hydrogens (tertiary/aromatic N) is 2. The maximum atomic E-state index is 12.5. The summed E-state index contributed by atoms with van der Waals surface area (Å²) in [5, 5.41) is 14.3. The van der Waals surface area contributed by atoms with Crippen molar-refractivity contribution in [1.82, 2.24) is 10.2 Å². The fourth-order valence-electron chi connectivity index (χ4n) is 2.62. The van der Waals surface area contributed by atoms with Crippen LogP contribution >= 0.6 is 0 Å². The predicted octanol–water partition coefficient (Wildman–Crippen LogP) is 2.78. The van der Waals surface area contributed by atoms with Gasteiger partial charge in [-0.3, -0.25) is 15.0 Å². The highest BCUT2D eigenvalue weighted by Gasteiger charge is 2.32. The highest BCUT2D eigenvalue weighted by Crippen LogP contribution is 2.29.